The van der Waals surface area contributed by atoms with Crippen LogP contribution in [0, 0.1) is 0 Å². The summed E-state index contributed by atoms with van der Waals surface area (Å²) in [5, 5.41) is 2.73. The minimum atomic E-state index is -4.53. The van der Waals surface area contributed by atoms with E-state index in [1.165, 1.54) is 141 Å². The first-order valence-corrected chi connectivity index (χ1v) is 27.6. The molecule has 11 heteroatoms. The fourth-order valence-electron chi connectivity index (χ4n) is 7.50. The molecule has 62 heavy (non-hydrogen) atoms. The second kappa shape index (κ2) is 47.2. The lowest BCUT2D eigenvalue weighted by Crippen LogP contribution is -2.30. The van der Waals surface area contributed by atoms with E-state index < -0.39 is 32.5 Å². The fourth-order valence-corrected chi connectivity index (χ4v) is 8.25. The number of hydrogen-bond donors (Lipinski definition) is 2. The molecule has 0 radical (unpaired) electrons. The van der Waals surface area contributed by atoms with Crippen LogP contribution in [0.1, 0.15) is 265 Å². The van der Waals surface area contributed by atoms with Crippen molar-refractivity contribution in [2.45, 2.75) is 271 Å². The molecule has 0 bridgehead atoms. The number of rotatable bonds is 49. The van der Waals surface area contributed by atoms with Crippen LogP contribution in [0.2, 0.25) is 0 Å². The number of carbonyl (C=O) groups is 3. The summed E-state index contributed by atoms with van der Waals surface area (Å²) in [7, 11) is -4.53. The van der Waals surface area contributed by atoms with Crippen LogP contribution >= 0.6 is 7.82 Å². The van der Waals surface area contributed by atoms with Gasteiger partial charge in [-0.15, -0.1) is 0 Å². The van der Waals surface area contributed by atoms with Gasteiger partial charge in [0.05, 0.1) is 13.2 Å². The highest BCUT2D eigenvalue weighted by Crippen LogP contribution is 2.43. The monoisotopic (exact) mass is 900 g/mol. The van der Waals surface area contributed by atoms with E-state index in [9.17, 15) is 23.8 Å². The highest BCUT2D eigenvalue weighted by atomic mass is 31.2. The molecule has 0 aromatic rings. The minimum absolute atomic E-state index is 0.0659. The SMILES string of the molecule is CCCCCC/C=C\CCCCCCCC(=O)OC[C@H](COP(=O)(O)OCCNC(=O)CCCCCCCCCCCCCCC)OC(=O)CCCCCCCCCCCCC. The second-order valence-electron chi connectivity index (χ2n) is 17.6. The maximum atomic E-state index is 12.8. The lowest BCUT2D eigenvalue weighted by molar-refractivity contribution is -0.161. The van der Waals surface area contributed by atoms with Crippen molar-refractivity contribution < 1.29 is 42.4 Å². The topological polar surface area (TPSA) is 137 Å². The van der Waals surface area contributed by atoms with Crippen LogP contribution in [0.5, 0.6) is 0 Å². The summed E-state index contributed by atoms with van der Waals surface area (Å²) >= 11 is 0. The smallest absolute Gasteiger partial charge is 0.462 e. The van der Waals surface area contributed by atoms with Gasteiger partial charge >= 0.3 is 19.8 Å². The second-order valence-corrected chi connectivity index (χ2v) is 19.1. The van der Waals surface area contributed by atoms with Gasteiger partial charge in [-0.3, -0.25) is 23.4 Å². The number of carbonyl (C=O) groups excluding carboxylic acids is 3. The molecule has 0 aliphatic rings. The zero-order chi connectivity index (χ0) is 45.5. The molecular formula is C51H98NO9P. The third-order valence-corrected chi connectivity index (χ3v) is 12.4. The molecule has 0 saturated carbocycles. The molecule has 1 amide bonds. The molecule has 366 valence electrons. The lowest BCUT2D eigenvalue weighted by atomic mass is 10.0. The first-order chi connectivity index (χ1) is 30.2. The zero-order valence-corrected chi connectivity index (χ0v) is 41.5. The molecular weight excluding hydrogens is 802 g/mol. The molecule has 2 N–H and O–H groups in total. The Kier molecular flexibility index (Phi) is 45.9. The summed E-state index contributed by atoms with van der Waals surface area (Å²) < 4.78 is 33.9. The third-order valence-electron chi connectivity index (χ3n) is 11.5. The predicted molar refractivity (Wildman–Crippen MR) is 257 cm³/mol. The van der Waals surface area contributed by atoms with Crippen molar-refractivity contribution in [3.8, 4) is 0 Å². The van der Waals surface area contributed by atoms with Gasteiger partial charge in [-0.2, -0.15) is 0 Å². The molecule has 0 aliphatic heterocycles. The average molecular weight is 900 g/mol. The van der Waals surface area contributed by atoms with Crippen molar-refractivity contribution >= 4 is 25.7 Å². The van der Waals surface area contributed by atoms with Crippen LogP contribution < -0.4 is 5.32 Å². The Labute approximate surface area is 381 Å². The van der Waals surface area contributed by atoms with E-state index in [1.807, 2.05) is 0 Å². The first-order valence-electron chi connectivity index (χ1n) is 26.1. The molecule has 10 nitrogen and oxygen atoms in total. The van der Waals surface area contributed by atoms with Crippen molar-refractivity contribution in [1.82, 2.24) is 5.32 Å². The number of unbranched alkanes of at least 4 members (excludes halogenated alkanes) is 31. The molecule has 0 aromatic carbocycles. The number of esters is 2. The zero-order valence-electron chi connectivity index (χ0n) is 40.6. The maximum absolute atomic E-state index is 12.8. The van der Waals surface area contributed by atoms with E-state index >= 15 is 0 Å². The highest BCUT2D eigenvalue weighted by Gasteiger charge is 2.26. The number of allylic oxidation sites excluding steroid dienone is 2. The fraction of sp³-hybridized carbons (Fsp3) is 0.902. The number of nitrogens with one attached hydrogen (secondary N) is 1. The summed E-state index contributed by atoms with van der Waals surface area (Å²) in [5.74, 6) is -0.981. The van der Waals surface area contributed by atoms with E-state index in [4.69, 9.17) is 18.5 Å². The summed E-state index contributed by atoms with van der Waals surface area (Å²) in [6.45, 7) is 5.82. The Morgan fingerprint density at radius 1 is 0.484 bits per heavy atom. The van der Waals surface area contributed by atoms with Gasteiger partial charge in [0.25, 0.3) is 0 Å². The molecule has 2 atom stereocenters. The van der Waals surface area contributed by atoms with Crippen LogP contribution in [-0.4, -0.2) is 55.2 Å². The number of amides is 1. The predicted octanol–water partition coefficient (Wildman–Crippen LogP) is 15.1. The number of phosphoric acid groups is 1. The minimum Gasteiger partial charge on any atom is -0.462 e. The Morgan fingerprint density at radius 2 is 0.855 bits per heavy atom. The Bertz CT molecular complexity index is 1090. The molecule has 0 aliphatic carbocycles. The number of hydrogen-bond acceptors (Lipinski definition) is 8. The quantitative estimate of drug-likeness (QED) is 0.0264. The van der Waals surface area contributed by atoms with Gasteiger partial charge in [-0.25, -0.2) is 4.57 Å². The van der Waals surface area contributed by atoms with Gasteiger partial charge in [0.2, 0.25) is 5.91 Å². The molecule has 0 aromatic heterocycles. The van der Waals surface area contributed by atoms with E-state index in [0.717, 1.165) is 70.6 Å². The molecule has 0 heterocycles. The van der Waals surface area contributed by atoms with Crippen molar-refractivity contribution in [2.24, 2.45) is 0 Å². The summed E-state index contributed by atoms with van der Waals surface area (Å²) in [4.78, 5) is 47.9. The van der Waals surface area contributed by atoms with Crippen molar-refractivity contribution in [2.75, 3.05) is 26.4 Å². The average Bonchev–Trinajstić information content (AvgIpc) is 3.25. The maximum Gasteiger partial charge on any atom is 0.472 e. The number of ether oxygens (including phenoxy) is 2. The third kappa shape index (κ3) is 46.3. The lowest BCUT2D eigenvalue weighted by Gasteiger charge is -2.20. The van der Waals surface area contributed by atoms with Crippen LogP contribution in [0.25, 0.3) is 0 Å². The Balaban J connectivity index is 4.48. The van der Waals surface area contributed by atoms with Crippen molar-refractivity contribution in [3.05, 3.63) is 12.2 Å². The molecule has 0 saturated heterocycles. The Hall–Kier alpha value is -1.74. The first kappa shape index (κ1) is 60.3. The largest absolute Gasteiger partial charge is 0.472 e. The van der Waals surface area contributed by atoms with Crippen LogP contribution in [0.15, 0.2) is 12.2 Å². The van der Waals surface area contributed by atoms with Crippen molar-refractivity contribution in [1.29, 1.82) is 0 Å². The standard InChI is InChI=1S/C51H98NO9P/c1-4-7-10-13-16-19-22-24-27-29-32-35-38-41-49(53)52-44-45-59-62(56,57)60-47-48(61-51(55)43-40-37-34-31-26-21-18-15-12-9-6-3)46-58-50(54)42-39-36-33-30-28-25-23-20-17-14-11-8-5-2/h20,23,48H,4-19,21-22,24-47H2,1-3H3,(H,52,53)(H,56,57)/b23-20-/t48-/m1/s1. The van der Waals surface area contributed by atoms with Gasteiger partial charge in [0, 0.05) is 25.8 Å². The summed E-state index contributed by atoms with van der Waals surface area (Å²) in [6, 6.07) is 0. The molecule has 1 unspecified atom stereocenters. The van der Waals surface area contributed by atoms with Crippen LogP contribution in [0.3, 0.4) is 0 Å². The van der Waals surface area contributed by atoms with Gasteiger partial charge in [-0.1, -0.05) is 213 Å². The number of phosphoric ester groups is 1. The summed E-state index contributed by atoms with van der Waals surface area (Å²) in [6.07, 6.45) is 45.7. The van der Waals surface area contributed by atoms with E-state index in [0.29, 0.717) is 19.3 Å². The normalized spacial score (nSPS) is 13.0. The molecule has 0 rings (SSSR count). The molecule has 0 spiro atoms. The van der Waals surface area contributed by atoms with Gasteiger partial charge in [-0.05, 0) is 44.9 Å². The Morgan fingerprint density at radius 3 is 1.31 bits per heavy atom. The van der Waals surface area contributed by atoms with Gasteiger partial charge in [0.15, 0.2) is 6.10 Å². The van der Waals surface area contributed by atoms with Crippen LogP contribution in [0.4, 0.5) is 0 Å². The van der Waals surface area contributed by atoms with E-state index in [1.54, 1.807) is 0 Å². The highest BCUT2D eigenvalue weighted by molar-refractivity contribution is 7.47. The van der Waals surface area contributed by atoms with Gasteiger partial charge < -0.3 is 19.7 Å². The molecule has 0 fully saturated rings. The van der Waals surface area contributed by atoms with E-state index in [-0.39, 0.29) is 38.5 Å². The van der Waals surface area contributed by atoms with Crippen LogP contribution in [-0.2, 0) is 37.5 Å². The van der Waals surface area contributed by atoms with Crippen molar-refractivity contribution in [3.63, 3.8) is 0 Å². The van der Waals surface area contributed by atoms with Gasteiger partial charge in [0.1, 0.15) is 6.61 Å². The summed E-state index contributed by atoms with van der Waals surface area (Å²) in [5.41, 5.74) is 0. The van der Waals surface area contributed by atoms with E-state index in [2.05, 4.69) is 38.2 Å².